The van der Waals surface area contributed by atoms with Crippen molar-refractivity contribution >= 4 is 18.9 Å². The zero-order chi connectivity index (χ0) is 18.8. The van der Waals surface area contributed by atoms with Gasteiger partial charge in [0.05, 0.1) is 22.7 Å². The Morgan fingerprint density at radius 1 is 1.12 bits per heavy atom. The van der Waals surface area contributed by atoms with Crippen LogP contribution in [0.1, 0.15) is 74.1 Å². The molecule has 5 nitrogen and oxygen atoms in total. The molecule has 140 valence electrons. The second-order valence-electron chi connectivity index (χ2n) is 9.63. The molecule has 0 N–H and O–H groups in total. The molecule has 4 fully saturated rings. The van der Waals surface area contributed by atoms with Crippen LogP contribution in [0.5, 0.6) is 0 Å². The summed E-state index contributed by atoms with van der Waals surface area (Å²) in [7, 11) is -0.417. The highest BCUT2D eigenvalue weighted by atomic mass is 16.7. The van der Waals surface area contributed by atoms with E-state index < -0.39 is 23.7 Å². The van der Waals surface area contributed by atoms with Crippen LogP contribution in [0, 0.1) is 10.8 Å². The third-order valence-corrected chi connectivity index (χ3v) is 6.86. The van der Waals surface area contributed by atoms with E-state index in [0.29, 0.717) is 6.42 Å². The molecule has 0 radical (unpaired) electrons. The molecule has 6 heteroatoms. The van der Waals surface area contributed by atoms with Crippen LogP contribution in [0.15, 0.2) is 0 Å². The number of rotatable bonds is 6. The lowest BCUT2D eigenvalue weighted by atomic mass is 9.20. The molecule has 25 heavy (non-hydrogen) atoms. The van der Waals surface area contributed by atoms with Gasteiger partial charge >= 0.3 is 13.1 Å². The first-order valence-corrected chi connectivity index (χ1v) is 9.41. The Bertz CT molecular complexity index is 573. The number of ether oxygens (including phenoxy) is 1. The maximum atomic E-state index is 12.8. The van der Waals surface area contributed by atoms with Crippen molar-refractivity contribution in [2.24, 2.45) is 10.8 Å². The molecule has 0 amide bonds. The SMILES string of the molecule is CC(=O)CCC12CC(C(=O)OC(C)C)(C1)C2B1OC(C)(C)C(C)(C)O1. The number of carbonyl (C=O) groups excluding carboxylic acids is 2. The van der Waals surface area contributed by atoms with Gasteiger partial charge in [-0.25, -0.2) is 0 Å². The highest BCUT2D eigenvalue weighted by Gasteiger charge is 2.83. The van der Waals surface area contributed by atoms with E-state index in [1.807, 2.05) is 41.5 Å². The first-order valence-electron chi connectivity index (χ1n) is 9.41. The first-order chi connectivity index (χ1) is 11.4. The van der Waals surface area contributed by atoms with Gasteiger partial charge in [0.25, 0.3) is 0 Å². The monoisotopic (exact) mass is 350 g/mol. The zero-order valence-electron chi connectivity index (χ0n) is 16.6. The first kappa shape index (κ1) is 18.9. The van der Waals surface area contributed by atoms with Gasteiger partial charge in [0, 0.05) is 12.2 Å². The summed E-state index contributed by atoms with van der Waals surface area (Å²) < 4.78 is 18.1. The normalized spacial score (nSPS) is 37.4. The summed E-state index contributed by atoms with van der Waals surface area (Å²) in [5, 5.41) is 0. The molecule has 4 aliphatic rings. The average molecular weight is 350 g/mol. The van der Waals surface area contributed by atoms with E-state index in [2.05, 4.69) is 0 Å². The van der Waals surface area contributed by atoms with Crippen molar-refractivity contribution in [3.05, 3.63) is 0 Å². The van der Waals surface area contributed by atoms with Crippen molar-refractivity contribution in [1.29, 1.82) is 0 Å². The van der Waals surface area contributed by atoms with Crippen molar-refractivity contribution in [2.45, 2.75) is 97.3 Å². The third-order valence-electron chi connectivity index (χ3n) is 6.86. The standard InChI is InChI=1S/C19H31BO5/c1-12(2)23-15(22)19-10-18(11-19,9-8-13(3)21)14(19)20-24-16(4,5)17(6,7)25-20/h12,14H,8-11H2,1-7H3. The van der Waals surface area contributed by atoms with Gasteiger partial charge in [-0.2, -0.15) is 0 Å². The number of carbonyl (C=O) groups is 2. The van der Waals surface area contributed by atoms with Crippen LogP contribution in [-0.2, 0) is 23.6 Å². The fourth-order valence-electron chi connectivity index (χ4n) is 4.90. The Balaban J connectivity index is 1.82. The molecule has 0 aromatic heterocycles. The summed E-state index contributed by atoms with van der Waals surface area (Å²) in [6, 6.07) is 0. The van der Waals surface area contributed by atoms with Crippen LogP contribution >= 0.6 is 0 Å². The number of hydrogen-bond donors (Lipinski definition) is 0. The number of esters is 1. The second kappa shape index (κ2) is 5.56. The quantitative estimate of drug-likeness (QED) is 0.542. The molecule has 1 aliphatic heterocycles. The fraction of sp³-hybridized carbons (Fsp3) is 0.895. The summed E-state index contributed by atoms with van der Waals surface area (Å²) in [5.74, 6) is 0.0368. The maximum Gasteiger partial charge on any atom is 0.462 e. The fourth-order valence-corrected chi connectivity index (χ4v) is 4.90. The van der Waals surface area contributed by atoms with Crippen LogP contribution < -0.4 is 0 Å². The minimum atomic E-state index is -0.498. The third kappa shape index (κ3) is 2.67. The van der Waals surface area contributed by atoms with Gasteiger partial charge in [-0.1, -0.05) is 0 Å². The highest BCUT2D eigenvalue weighted by Crippen LogP contribution is 2.84. The molecule has 1 atom stereocenters. The predicted octanol–water partition coefficient (Wildman–Crippen LogP) is 3.55. The van der Waals surface area contributed by atoms with Gasteiger partial charge in [-0.15, -0.1) is 0 Å². The maximum absolute atomic E-state index is 12.8. The average Bonchev–Trinajstić information content (AvgIpc) is 2.52. The summed E-state index contributed by atoms with van der Waals surface area (Å²) >= 11 is 0. The Morgan fingerprint density at radius 2 is 1.64 bits per heavy atom. The van der Waals surface area contributed by atoms with Crippen LogP contribution in [0.3, 0.4) is 0 Å². The van der Waals surface area contributed by atoms with Gasteiger partial charge < -0.3 is 18.8 Å². The second-order valence-corrected chi connectivity index (χ2v) is 9.63. The molecule has 1 saturated heterocycles. The topological polar surface area (TPSA) is 61.8 Å². The minimum Gasteiger partial charge on any atom is -0.463 e. The molecule has 0 spiro atoms. The Morgan fingerprint density at radius 3 is 2.08 bits per heavy atom. The molecule has 4 rings (SSSR count). The van der Waals surface area contributed by atoms with Gasteiger partial charge in [0.1, 0.15) is 5.78 Å². The summed E-state index contributed by atoms with van der Waals surface area (Å²) in [4.78, 5) is 24.3. The van der Waals surface area contributed by atoms with Crippen molar-refractivity contribution in [3.63, 3.8) is 0 Å². The van der Waals surface area contributed by atoms with E-state index >= 15 is 0 Å². The highest BCUT2D eigenvalue weighted by molar-refractivity contribution is 6.49. The van der Waals surface area contributed by atoms with Crippen LogP contribution in [0.2, 0.25) is 5.82 Å². The lowest BCUT2D eigenvalue weighted by Gasteiger charge is -2.75. The van der Waals surface area contributed by atoms with Crippen LogP contribution in [0.4, 0.5) is 0 Å². The summed E-state index contributed by atoms with van der Waals surface area (Å²) in [6.07, 6.45) is 2.79. The lowest BCUT2D eigenvalue weighted by molar-refractivity contribution is -0.237. The molecular formula is C19H31BO5. The summed E-state index contributed by atoms with van der Waals surface area (Å²) in [6.45, 7) is 13.5. The molecule has 0 aromatic carbocycles. The number of Topliss-reactive ketones (excluding diaryl/α,β-unsaturated/α-hetero) is 1. The van der Waals surface area contributed by atoms with E-state index in [9.17, 15) is 9.59 Å². The van der Waals surface area contributed by atoms with E-state index in [-0.39, 0.29) is 29.1 Å². The molecule has 0 aromatic rings. The molecule has 2 bridgehead atoms. The van der Waals surface area contributed by atoms with E-state index in [1.54, 1.807) is 6.92 Å². The van der Waals surface area contributed by atoms with Gasteiger partial charge in [0.2, 0.25) is 0 Å². The van der Waals surface area contributed by atoms with E-state index in [0.717, 1.165) is 19.3 Å². The molecule has 1 heterocycles. The van der Waals surface area contributed by atoms with Gasteiger partial charge in [0.15, 0.2) is 0 Å². The van der Waals surface area contributed by atoms with E-state index in [4.69, 9.17) is 14.0 Å². The van der Waals surface area contributed by atoms with Crippen molar-refractivity contribution in [3.8, 4) is 0 Å². The molecule has 1 unspecified atom stereocenters. The van der Waals surface area contributed by atoms with Crippen LogP contribution in [0.25, 0.3) is 0 Å². The number of ketones is 1. The molecular weight excluding hydrogens is 319 g/mol. The van der Waals surface area contributed by atoms with Gasteiger partial charge in [-0.3, -0.25) is 4.79 Å². The zero-order valence-corrected chi connectivity index (χ0v) is 16.6. The number of hydrogen-bond acceptors (Lipinski definition) is 5. The van der Waals surface area contributed by atoms with Crippen molar-refractivity contribution < 1.29 is 23.6 Å². The predicted molar refractivity (Wildman–Crippen MR) is 95.1 cm³/mol. The summed E-state index contributed by atoms with van der Waals surface area (Å²) in [5.41, 5.74) is -1.37. The van der Waals surface area contributed by atoms with Crippen LogP contribution in [-0.4, -0.2) is 36.2 Å². The lowest BCUT2D eigenvalue weighted by Crippen LogP contribution is -2.74. The largest absolute Gasteiger partial charge is 0.463 e. The molecule has 3 aliphatic carbocycles. The Labute approximate surface area is 151 Å². The molecule has 3 saturated carbocycles. The van der Waals surface area contributed by atoms with E-state index in [1.165, 1.54) is 0 Å². The van der Waals surface area contributed by atoms with Crippen molar-refractivity contribution in [2.75, 3.05) is 0 Å². The minimum absolute atomic E-state index is 0.0216. The van der Waals surface area contributed by atoms with Crippen molar-refractivity contribution in [1.82, 2.24) is 0 Å². The Hall–Kier alpha value is -0.875. The Kier molecular flexibility index (Phi) is 4.20. The van der Waals surface area contributed by atoms with Gasteiger partial charge in [-0.05, 0) is 73.1 Å². The smallest absolute Gasteiger partial charge is 0.462 e.